The molecular formula is C19H21ClN2O2. The number of halogens is 1. The molecule has 1 aromatic heterocycles. The Balaban J connectivity index is 1.66. The maximum absolute atomic E-state index is 12.1. The molecule has 1 fully saturated rings. The van der Waals surface area contributed by atoms with Crippen LogP contribution in [0.3, 0.4) is 0 Å². The summed E-state index contributed by atoms with van der Waals surface area (Å²) >= 11 is 6.38. The zero-order valence-corrected chi connectivity index (χ0v) is 14.2. The van der Waals surface area contributed by atoms with Gasteiger partial charge in [-0.15, -0.1) is 0 Å². The maximum Gasteiger partial charge on any atom is 0.244 e. The Morgan fingerprint density at radius 1 is 1.25 bits per heavy atom. The van der Waals surface area contributed by atoms with Crippen LogP contribution < -0.4 is 5.32 Å². The molecule has 1 amide bonds. The molecule has 1 saturated heterocycles. The summed E-state index contributed by atoms with van der Waals surface area (Å²) in [6, 6.07) is 11.6. The highest BCUT2D eigenvalue weighted by molar-refractivity contribution is 6.31. The molecule has 1 aliphatic rings. The van der Waals surface area contributed by atoms with E-state index in [9.17, 15) is 4.79 Å². The lowest BCUT2D eigenvalue weighted by atomic mass is 10.1. The van der Waals surface area contributed by atoms with Crippen LogP contribution in [0.1, 0.15) is 30.2 Å². The van der Waals surface area contributed by atoms with E-state index in [2.05, 4.69) is 10.2 Å². The third-order valence-electron chi connectivity index (χ3n) is 4.26. The molecule has 5 heteroatoms. The van der Waals surface area contributed by atoms with Crippen molar-refractivity contribution < 1.29 is 9.21 Å². The van der Waals surface area contributed by atoms with E-state index in [1.807, 2.05) is 24.3 Å². The lowest BCUT2D eigenvalue weighted by Gasteiger charge is -2.28. The Morgan fingerprint density at radius 3 is 2.75 bits per heavy atom. The minimum absolute atomic E-state index is 0.0992. The quantitative estimate of drug-likeness (QED) is 0.808. The van der Waals surface area contributed by atoms with Gasteiger partial charge in [-0.05, 0) is 55.8 Å². The number of benzene rings is 1. The molecule has 1 aliphatic heterocycles. The summed E-state index contributed by atoms with van der Waals surface area (Å²) < 4.78 is 5.18. The zero-order chi connectivity index (χ0) is 16.8. The van der Waals surface area contributed by atoms with Crippen molar-refractivity contribution in [3.05, 3.63) is 65.1 Å². The van der Waals surface area contributed by atoms with E-state index in [4.69, 9.17) is 16.0 Å². The molecule has 2 aromatic rings. The highest BCUT2D eigenvalue weighted by atomic mass is 35.5. The minimum Gasteiger partial charge on any atom is -0.465 e. The van der Waals surface area contributed by atoms with Crippen molar-refractivity contribution in [2.75, 3.05) is 19.6 Å². The van der Waals surface area contributed by atoms with Crippen molar-refractivity contribution in [2.45, 2.75) is 18.9 Å². The Labute approximate surface area is 147 Å². The highest BCUT2D eigenvalue weighted by Gasteiger charge is 2.25. The van der Waals surface area contributed by atoms with Crippen molar-refractivity contribution in [3.63, 3.8) is 0 Å². The predicted molar refractivity (Wildman–Crippen MR) is 95.8 cm³/mol. The van der Waals surface area contributed by atoms with Gasteiger partial charge in [0.15, 0.2) is 0 Å². The predicted octanol–water partition coefficient (Wildman–Crippen LogP) is 3.90. The third kappa shape index (κ3) is 4.28. The second-order valence-corrected chi connectivity index (χ2v) is 6.28. The van der Waals surface area contributed by atoms with E-state index in [1.54, 1.807) is 24.5 Å². The van der Waals surface area contributed by atoms with Gasteiger partial charge in [-0.3, -0.25) is 9.69 Å². The molecule has 126 valence electrons. The van der Waals surface area contributed by atoms with Crippen molar-refractivity contribution in [1.82, 2.24) is 10.2 Å². The smallest absolute Gasteiger partial charge is 0.244 e. The molecule has 1 unspecified atom stereocenters. The first kappa shape index (κ1) is 16.8. The van der Waals surface area contributed by atoms with Crippen LogP contribution in [-0.2, 0) is 4.79 Å². The number of likely N-dealkylation sites (tertiary alicyclic amines) is 1. The molecule has 0 saturated carbocycles. The normalized spacial score (nSPS) is 16.5. The number of nitrogens with one attached hydrogen (secondary N) is 1. The van der Waals surface area contributed by atoms with Crippen molar-refractivity contribution in [1.29, 1.82) is 0 Å². The fraction of sp³-hybridized carbons (Fsp3) is 0.316. The lowest BCUT2D eigenvalue weighted by molar-refractivity contribution is -0.116. The van der Waals surface area contributed by atoms with E-state index >= 15 is 0 Å². The van der Waals surface area contributed by atoms with E-state index in [1.165, 1.54) is 18.9 Å². The third-order valence-corrected chi connectivity index (χ3v) is 4.60. The maximum atomic E-state index is 12.1. The molecular weight excluding hydrogens is 324 g/mol. The number of carbonyl (C=O) groups is 1. The number of amides is 1. The number of furan rings is 1. The summed E-state index contributed by atoms with van der Waals surface area (Å²) in [7, 11) is 0. The second-order valence-electron chi connectivity index (χ2n) is 5.87. The summed E-state index contributed by atoms with van der Waals surface area (Å²) in [6.07, 6.45) is 7.11. The molecule has 0 spiro atoms. The second kappa shape index (κ2) is 8.18. The number of carbonyl (C=O) groups excluding carboxylic acids is 1. The summed E-state index contributed by atoms with van der Waals surface area (Å²) in [5.74, 6) is 0.523. The average molecular weight is 345 g/mol. The number of nitrogens with zero attached hydrogens (tertiary/aromatic N) is 1. The van der Waals surface area contributed by atoms with Gasteiger partial charge in [-0.1, -0.05) is 29.8 Å². The van der Waals surface area contributed by atoms with Crippen molar-refractivity contribution in [2.24, 2.45) is 0 Å². The summed E-state index contributed by atoms with van der Waals surface area (Å²) in [5, 5.41) is 3.73. The van der Waals surface area contributed by atoms with Gasteiger partial charge in [-0.25, -0.2) is 0 Å². The fourth-order valence-corrected chi connectivity index (χ4v) is 3.30. The first-order chi connectivity index (χ1) is 11.7. The average Bonchev–Trinajstić information content (AvgIpc) is 3.28. The van der Waals surface area contributed by atoms with E-state index in [0.717, 1.165) is 23.7 Å². The van der Waals surface area contributed by atoms with Crippen molar-refractivity contribution in [3.8, 4) is 0 Å². The van der Waals surface area contributed by atoms with Crippen LogP contribution in [-0.4, -0.2) is 30.4 Å². The van der Waals surface area contributed by atoms with Gasteiger partial charge in [0.25, 0.3) is 0 Å². The summed E-state index contributed by atoms with van der Waals surface area (Å²) in [4.78, 5) is 14.5. The Hall–Kier alpha value is -2.04. The zero-order valence-electron chi connectivity index (χ0n) is 13.5. The van der Waals surface area contributed by atoms with Gasteiger partial charge in [0, 0.05) is 17.6 Å². The van der Waals surface area contributed by atoms with Gasteiger partial charge in [0.1, 0.15) is 5.76 Å². The fourth-order valence-electron chi connectivity index (χ4n) is 3.03. The summed E-state index contributed by atoms with van der Waals surface area (Å²) in [6.45, 7) is 2.60. The van der Waals surface area contributed by atoms with Gasteiger partial charge in [0.05, 0.1) is 12.3 Å². The van der Waals surface area contributed by atoms with Gasteiger partial charge in [-0.2, -0.15) is 0 Å². The topological polar surface area (TPSA) is 45.5 Å². The van der Waals surface area contributed by atoms with Crippen LogP contribution in [0.25, 0.3) is 6.08 Å². The van der Waals surface area contributed by atoms with Gasteiger partial charge in [0.2, 0.25) is 5.91 Å². The number of hydrogen-bond acceptors (Lipinski definition) is 3. The first-order valence-electron chi connectivity index (χ1n) is 8.22. The molecule has 1 aromatic carbocycles. The molecule has 1 N–H and O–H groups in total. The standard InChI is InChI=1S/C19H21ClN2O2/c20-17-8-2-1-7-16(17)18(22-11-3-4-12-22)14-21-19(23)10-9-15-6-5-13-24-15/h1-2,5-10,13,18H,3-4,11-12,14H2,(H,21,23). The van der Waals surface area contributed by atoms with Crippen LogP contribution in [0.2, 0.25) is 5.02 Å². The van der Waals surface area contributed by atoms with E-state index in [-0.39, 0.29) is 11.9 Å². The molecule has 4 nitrogen and oxygen atoms in total. The van der Waals surface area contributed by atoms with Gasteiger partial charge < -0.3 is 9.73 Å². The molecule has 0 bridgehead atoms. The lowest BCUT2D eigenvalue weighted by Crippen LogP contribution is -2.36. The van der Waals surface area contributed by atoms with E-state index in [0.29, 0.717) is 12.3 Å². The van der Waals surface area contributed by atoms with Crippen molar-refractivity contribution >= 4 is 23.6 Å². The number of hydrogen-bond donors (Lipinski definition) is 1. The Bertz CT molecular complexity index is 691. The number of rotatable bonds is 6. The molecule has 1 atom stereocenters. The SMILES string of the molecule is O=C(C=Cc1ccco1)NCC(c1ccccc1Cl)N1CCCC1. The van der Waals surface area contributed by atoms with Crippen LogP contribution >= 0.6 is 11.6 Å². The van der Waals surface area contributed by atoms with Crippen LogP contribution in [0.4, 0.5) is 0 Å². The van der Waals surface area contributed by atoms with Crippen LogP contribution in [0.15, 0.2) is 53.2 Å². The monoisotopic (exact) mass is 344 g/mol. The van der Waals surface area contributed by atoms with Crippen LogP contribution in [0, 0.1) is 0 Å². The minimum atomic E-state index is -0.136. The first-order valence-corrected chi connectivity index (χ1v) is 8.60. The molecule has 0 radical (unpaired) electrons. The molecule has 2 heterocycles. The molecule has 24 heavy (non-hydrogen) atoms. The highest BCUT2D eigenvalue weighted by Crippen LogP contribution is 2.29. The van der Waals surface area contributed by atoms with E-state index < -0.39 is 0 Å². The Morgan fingerprint density at radius 2 is 2.04 bits per heavy atom. The van der Waals surface area contributed by atoms with Gasteiger partial charge >= 0.3 is 0 Å². The largest absolute Gasteiger partial charge is 0.465 e. The molecule has 3 rings (SSSR count). The summed E-state index contributed by atoms with van der Waals surface area (Å²) in [5.41, 5.74) is 1.07. The van der Waals surface area contributed by atoms with Crippen LogP contribution in [0.5, 0.6) is 0 Å². The molecule has 0 aliphatic carbocycles. The Kier molecular flexibility index (Phi) is 5.72.